The summed E-state index contributed by atoms with van der Waals surface area (Å²) in [4.78, 5) is 21.9. The number of hydrogen-bond donors (Lipinski definition) is 2. The van der Waals surface area contributed by atoms with Gasteiger partial charge in [-0.3, -0.25) is 4.79 Å². The number of terminal acetylenes is 1. The number of urea groups is 1. The summed E-state index contributed by atoms with van der Waals surface area (Å²) < 4.78 is 4.63. The van der Waals surface area contributed by atoms with Gasteiger partial charge in [-0.2, -0.15) is 0 Å². The lowest BCUT2D eigenvalue weighted by Gasteiger charge is -2.06. The normalized spacial score (nSPS) is 8.80. The first-order valence-electron chi connectivity index (χ1n) is 4.81. The van der Waals surface area contributed by atoms with Gasteiger partial charge in [0.15, 0.2) is 0 Å². The molecule has 0 saturated carbocycles. The van der Waals surface area contributed by atoms with Gasteiger partial charge >= 0.3 is 12.0 Å². The van der Waals surface area contributed by atoms with Crippen LogP contribution in [0.4, 0.5) is 4.79 Å². The molecule has 0 rings (SSSR count). The Labute approximate surface area is 89.6 Å². The summed E-state index contributed by atoms with van der Waals surface area (Å²) in [6.45, 7) is 2.40. The zero-order chi connectivity index (χ0) is 11.5. The summed E-state index contributed by atoms with van der Waals surface area (Å²) in [5.74, 6) is 2.01. The van der Waals surface area contributed by atoms with E-state index in [-0.39, 0.29) is 12.6 Å². The van der Waals surface area contributed by atoms with Gasteiger partial charge in [0.2, 0.25) is 0 Å². The highest BCUT2D eigenvalue weighted by atomic mass is 16.5. The number of carbonyl (C=O) groups excluding carboxylic acids is 2. The van der Waals surface area contributed by atoms with Crippen LogP contribution in [0.15, 0.2) is 0 Å². The van der Waals surface area contributed by atoms with Crippen molar-refractivity contribution in [2.75, 3.05) is 19.7 Å². The van der Waals surface area contributed by atoms with Crippen molar-refractivity contribution < 1.29 is 14.3 Å². The maximum absolute atomic E-state index is 11.0. The third kappa shape index (κ3) is 8.63. The second-order valence-electron chi connectivity index (χ2n) is 2.72. The number of carbonyl (C=O) groups is 2. The predicted octanol–water partition coefficient (Wildman–Crippen LogP) is 0.262. The van der Waals surface area contributed by atoms with E-state index in [1.807, 2.05) is 0 Å². The molecule has 0 atom stereocenters. The molecule has 0 saturated heterocycles. The van der Waals surface area contributed by atoms with Crippen LogP contribution in [0.5, 0.6) is 0 Å². The molecular formula is C10H16N2O3. The Morgan fingerprint density at radius 2 is 2.13 bits per heavy atom. The first kappa shape index (κ1) is 13.3. The standard InChI is InChI=1S/C10H16N2O3/c1-3-5-6-7-11-10(14)12-8-9(13)15-4-2/h1H,4-8H2,2H3,(H2,11,12,14). The molecule has 2 amide bonds. The van der Waals surface area contributed by atoms with Crippen LogP contribution in [0.3, 0.4) is 0 Å². The minimum Gasteiger partial charge on any atom is -0.465 e. The second-order valence-corrected chi connectivity index (χ2v) is 2.72. The molecule has 0 heterocycles. The minimum absolute atomic E-state index is 0.116. The van der Waals surface area contributed by atoms with Gasteiger partial charge in [-0.1, -0.05) is 0 Å². The van der Waals surface area contributed by atoms with Crippen molar-refractivity contribution in [1.29, 1.82) is 0 Å². The maximum atomic E-state index is 11.0. The predicted molar refractivity (Wildman–Crippen MR) is 56.1 cm³/mol. The van der Waals surface area contributed by atoms with Gasteiger partial charge in [0.05, 0.1) is 6.61 Å². The van der Waals surface area contributed by atoms with Crippen molar-refractivity contribution >= 4 is 12.0 Å². The Balaban J connectivity index is 3.41. The van der Waals surface area contributed by atoms with Gasteiger partial charge in [-0.05, 0) is 13.3 Å². The molecule has 0 aliphatic heterocycles. The number of unbranched alkanes of at least 4 members (excludes halogenated alkanes) is 1. The molecule has 0 unspecified atom stereocenters. The van der Waals surface area contributed by atoms with Crippen LogP contribution >= 0.6 is 0 Å². The molecule has 5 nitrogen and oxygen atoms in total. The Morgan fingerprint density at radius 1 is 1.40 bits per heavy atom. The fraction of sp³-hybridized carbons (Fsp3) is 0.600. The highest BCUT2D eigenvalue weighted by molar-refractivity contribution is 5.80. The summed E-state index contributed by atoms with van der Waals surface area (Å²) >= 11 is 0. The van der Waals surface area contributed by atoms with Gasteiger partial charge in [0.1, 0.15) is 6.54 Å². The topological polar surface area (TPSA) is 67.4 Å². The molecule has 2 N–H and O–H groups in total. The average Bonchev–Trinajstić information content (AvgIpc) is 2.22. The van der Waals surface area contributed by atoms with E-state index in [0.717, 1.165) is 6.42 Å². The summed E-state index contributed by atoms with van der Waals surface area (Å²) in [6.07, 6.45) is 6.39. The lowest BCUT2D eigenvalue weighted by Crippen LogP contribution is -2.39. The molecule has 5 heteroatoms. The summed E-state index contributed by atoms with van der Waals surface area (Å²) in [5.41, 5.74) is 0. The third-order valence-corrected chi connectivity index (χ3v) is 1.48. The Morgan fingerprint density at radius 3 is 2.73 bits per heavy atom. The molecule has 0 spiro atoms. The molecule has 0 aliphatic rings. The van der Waals surface area contributed by atoms with Gasteiger partial charge in [0, 0.05) is 13.0 Å². The average molecular weight is 212 g/mol. The number of esters is 1. The second kappa shape index (κ2) is 8.88. The fourth-order valence-corrected chi connectivity index (χ4v) is 0.819. The molecule has 0 radical (unpaired) electrons. The first-order valence-corrected chi connectivity index (χ1v) is 4.81. The van der Waals surface area contributed by atoms with Crippen LogP contribution in [0.25, 0.3) is 0 Å². The van der Waals surface area contributed by atoms with Crippen molar-refractivity contribution in [3.05, 3.63) is 0 Å². The van der Waals surface area contributed by atoms with Gasteiger partial charge in [-0.15, -0.1) is 12.3 Å². The zero-order valence-electron chi connectivity index (χ0n) is 8.84. The molecule has 0 aromatic carbocycles. The Kier molecular flexibility index (Phi) is 7.87. The maximum Gasteiger partial charge on any atom is 0.325 e. The van der Waals surface area contributed by atoms with Crippen molar-refractivity contribution in [2.24, 2.45) is 0 Å². The van der Waals surface area contributed by atoms with Crippen LogP contribution in [0.2, 0.25) is 0 Å². The molecule has 0 bridgehead atoms. The smallest absolute Gasteiger partial charge is 0.325 e. The Bertz CT molecular complexity index is 246. The lowest BCUT2D eigenvalue weighted by atomic mass is 10.3. The van der Waals surface area contributed by atoms with Crippen LogP contribution in [0.1, 0.15) is 19.8 Å². The molecule has 0 aliphatic carbocycles. The van der Waals surface area contributed by atoms with E-state index in [1.165, 1.54) is 0 Å². The minimum atomic E-state index is -0.448. The summed E-state index contributed by atoms with van der Waals surface area (Å²) in [6, 6.07) is -0.389. The monoisotopic (exact) mass is 212 g/mol. The Hall–Kier alpha value is -1.70. The quantitative estimate of drug-likeness (QED) is 0.377. The van der Waals surface area contributed by atoms with E-state index in [9.17, 15) is 9.59 Å². The molecule has 84 valence electrons. The molecule has 0 aromatic heterocycles. The van der Waals surface area contributed by atoms with E-state index < -0.39 is 5.97 Å². The van der Waals surface area contributed by atoms with Crippen molar-refractivity contribution in [2.45, 2.75) is 19.8 Å². The number of rotatable bonds is 6. The van der Waals surface area contributed by atoms with Crippen LogP contribution in [-0.2, 0) is 9.53 Å². The van der Waals surface area contributed by atoms with Crippen LogP contribution in [-0.4, -0.2) is 31.7 Å². The van der Waals surface area contributed by atoms with Crippen molar-refractivity contribution in [3.8, 4) is 12.3 Å². The van der Waals surface area contributed by atoms with E-state index in [4.69, 9.17) is 6.42 Å². The van der Waals surface area contributed by atoms with Gasteiger partial charge in [-0.25, -0.2) is 4.79 Å². The van der Waals surface area contributed by atoms with E-state index in [0.29, 0.717) is 19.6 Å². The number of hydrogen-bond acceptors (Lipinski definition) is 3. The van der Waals surface area contributed by atoms with E-state index in [1.54, 1.807) is 6.92 Å². The summed E-state index contributed by atoms with van der Waals surface area (Å²) in [7, 11) is 0. The van der Waals surface area contributed by atoms with Gasteiger partial charge in [0.25, 0.3) is 0 Å². The molecule has 15 heavy (non-hydrogen) atoms. The highest BCUT2D eigenvalue weighted by Gasteiger charge is 2.04. The third-order valence-electron chi connectivity index (χ3n) is 1.48. The first-order chi connectivity index (χ1) is 7.20. The molecular weight excluding hydrogens is 196 g/mol. The largest absolute Gasteiger partial charge is 0.465 e. The lowest BCUT2D eigenvalue weighted by molar-refractivity contribution is -0.141. The van der Waals surface area contributed by atoms with Crippen molar-refractivity contribution in [3.63, 3.8) is 0 Å². The van der Waals surface area contributed by atoms with Crippen LogP contribution < -0.4 is 10.6 Å². The molecule has 0 fully saturated rings. The van der Waals surface area contributed by atoms with Crippen LogP contribution in [0, 0.1) is 12.3 Å². The number of nitrogens with one attached hydrogen (secondary N) is 2. The SMILES string of the molecule is C#CCCCNC(=O)NCC(=O)OCC. The molecule has 0 aromatic rings. The summed E-state index contributed by atoms with van der Waals surface area (Å²) in [5, 5.41) is 4.93. The zero-order valence-corrected chi connectivity index (χ0v) is 8.84. The highest BCUT2D eigenvalue weighted by Crippen LogP contribution is 1.82. The number of ether oxygens (including phenoxy) is 1. The van der Waals surface area contributed by atoms with E-state index in [2.05, 4.69) is 21.3 Å². The van der Waals surface area contributed by atoms with Gasteiger partial charge < -0.3 is 15.4 Å². The number of amides is 2. The van der Waals surface area contributed by atoms with Crippen molar-refractivity contribution in [1.82, 2.24) is 10.6 Å². The van der Waals surface area contributed by atoms with E-state index >= 15 is 0 Å². The fourth-order valence-electron chi connectivity index (χ4n) is 0.819.